The van der Waals surface area contributed by atoms with E-state index in [4.69, 9.17) is 4.52 Å². The highest BCUT2D eigenvalue weighted by atomic mass is 16.5. The van der Waals surface area contributed by atoms with E-state index in [1.165, 1.54) is 5.69 Å². The summed E-state index contributed by atoms with van der Waals surface area (Å²) in [4.78, 5) is 14.6. The van der Waals surface area contributed by atoms with Crippen LogP contribution in [0.15, 0.2) is 47.1 Å². The lowest BCUT2D eigenvalue weighted by atomic mass is 9.85. The Labute approximate surface area is 162 Å². The molecule has 1 aromatic carbocycles. The Kier molecular flexibility index (Phi) is 4.20. The zero-order valence-electron chi connectivity index (χ0n) is 15.7. The van der Waals surface area contributed by atoms with E-state index in [1.807, 2.05) is 48.3 Å². The van der Waals surface area contributed by atoms with Crippen LogP contribution in [0.25, 0.3) is 11.3 Å². The average Bonchev–Trinajstić information content (AvgIpc) is 3.30. The van der Waals surface area contributed by atoms with Gasteiger partial charge in [-0.2, -0.15) is 0 Å². The van der Waals surface area contributed by atoms with Crippen molar-refractivity contribution < 1.29 is 9.32 Å². The Hall–Kier alpha value is -3.00. The monoisotopic (exact) mass is 378 g/mol. The minimum Gasteiger partial charge on any atom is -0.350 e. The van der Waals surface area contributed by atoms with Gasteiger partial charge in [-0.05, 0) is 12.8 Å². The van der Waals surface area contributed by atoms with Crippen LogP contribution >= 0.6 is 0 Å². The molecule has 8 nitrogen and oxygen atoms in total. The van der Waals surface area contributed by atoms with Crippen molar-refractivity contribution in [2.45, 2.75) is 30.8 Å². The Bertz CT molecular complexity index is 972. The number of carbonyl (C=O) groups excluding carboxylic acids is 1. The van der Waals surface area contributed by atoms with Crippen LogP contribution in [0.3, 0.4) is 0 Å². The Morgan fingerprint density at radius 2 is 2.04 bits per heavy atom. The van der Waals surface area contributed by atoms with Crippen molar-refractivity contribution in [1.29, 1.82) is 0 Å². The molecule has 1 saturated carbocycles. The standard InChI is InChI=1S/C20H22N6O2/c1-25(20(27)19-9-17(23-28-19)13-5-3-2-4-6-13)15-7-16(8-15)26-18(12-22-24-26)14-10-21-11-14/h2-6,9,12,14-16,21H,7-8,10-11H2,1H3/t15-,16-. The van der Waals surface area contributed by atoms with E-state index in [-0.39, 0.29) is 17.7 Å². The molecule has 2 aromatic heterocycles. The zero-order chi connectivity index (χ0) is 19.1. The maximum Gasteiger partial charge on any atom is 0.292 e. The molecule has 0 unspecified atom stereocenters. The Morgan fingerprint density at radius 1 is 1.25 bits per heavy atom. The molecule has 1 saturated heterocycles. The fourth-order valence-electron chi connectivity index (χ4n) is 3.86. The molecule has 2 aliphatic rings. The summed E-state index contributed by atoms with van der Waals surface area (Å²) in [5, 5.41) is 15.7. The minimum absolute atomic E-state index is 0.139. The maximum absolute atomic E-state index is 12.8. The van der Waals surface area contributed by atoms with Crippen LogP contribution in [0.1, 0.15) is 41.1 Å². The molecule has 0 bridgehead atoms. The van der Waals surface area contributed by atoms with Crippen molar-refractivity contribution in [3.63, 3.8) is 0 Å². The SMILES string of the molecule is CN(C(=O)c1cc(-c2ccccc2)no1)[C@H]1C[C@H](n2nncc2C2CNC2)C1. The van der Waals surface area contributed by atoms with Crippen LogP contribution in [0.5, 0.6) is 0 Å². The highest BCUT2D eigenvalue weighted by Crippen LogP contribution is 2.37. The fourth-order valence-corrected chi connectivity index (χ4v) is 3.86. The third-order valence-corrected chi connectivity index (χ3v) is 5.90. The van der Waals surface area contributed by atoms with E-state index in [2.05, 4.69) is 20.8 Å². The van der Waals surface area contributed by atoms with Crippen LogP contribution < -0.4 is 5.32 Å². The molecule has 3 aromatic rings. The molecule has 5 rings (SSSR count). The van der Waals surface area contributed by atoms with Crippen molar-refractivity contribution in [2.24, 2.45) is 0 Å². The predicted molar refractivity (Wildman–Crippen MR) is 102 cm³/mol. The lowest BCUT2D eigenvalue weighted by molar-refractivity contribution is 0.0502. The second-order valence-electron chi connectivity index (χ2n) is 7.60. The molecular weight excluding hydrogens is 356 g/mol. The second-order valence-corrected chi connectivity index (χ2v) is 7.60. The summed E-state index contributed by atoms with van der Waals surface area (Å²) in [5.74, 6) is 0.631. The third kappa shape index (κ3) is 2.90. The van der Waals surface area contributed by atoms with Crippen LogP contribution in [0.4, 0.5) is 0 Å². The molecule has 3 heterocycles. The first-order chi connectivity index (χ1) is 13.7. The lowest BCUT2D eigenvalue weighted by Gasteiger charge is -2.41. The summed E-state index contributed by atoms with van der Waals surface area (Å²) >= 11 is 0. The lowest BCUT2D eigenvalue weighted by Crippen LogP contribution is -2.47. The molecule has 0 atom stereocenters. The fraction of sp³-hybridized carbons (Fsp3) is 0.400. The quantitative estimate of drug-likeness (QED) is 0.731. The number of amides is 1. The van der Waals surface area contributed by atoms with Crippen molar-refractivity contribution in [2.75, 3.05) is 20.1 Å². The van der Waals surface area contributed by atoms with E-state index in [0.717, 1.165) is 31.5 Å². The van der Waals surface area contributed by atoms with Crippen LogP contribution in [0, 0.1) is 0 Å². The highest BCUT2D eigenvalue weighted by Gasteiger charge is 2.39. The highest BCUT2D eigenvalue weighted by molar-refractivity contribution is 5.92. The molecule has 2 fully saturated rings. The van der Waals surface area contributed by atoms with Gasteiger partial charge in [-0.1, -0.05) is 40.7 Å². The summed E-state index contributed by atoms with van der Waals surface area (Å²) in [7, 11) is 1.83. The van der Waals surface area contributed by atoms with E-state index < -0.39 is 0 Å². The number of aromatic nitrogens is 4. The smallest absolute Gasteiger partial charge is 0.292 e. The number of nitrogens with one attached hydrogen (secondary N) is 1. The van der Waals surface area contributed by atoms with Crippen LogP contribution in [0.2, 0.25) is 0 Å². The molecular formula is C20H22N6O2. The van der Waals surface area contributed by atoms with Gasteiger partial charge in [0, 0.05) is 43.7 Å². The number of carbonyl (C=O) groups is 1. The van der Waals surface area contributed by atoms with Gasteiger partial charge in [0.2, 0.25) is 5.76 Å². The third-order valence-electron chi connectivity index (χ3n) is 5.90. The summed E-state index contributed by atoms with van der Waals surface area (Å²) < 4.78 is 7.36. The summed E-state index contributed by atoms with van der Waals surface area (Å²) in [5.41, 5.74) is 2.80. The van der Waals surface area contributed by atoms with Crippen molar-refractivity contribution in [3.8, 4) is 11.3 Å². The number of hydrogen-bond acceptors (Lipinski definition) is 6. The molecule has 0 spiro atoms. The largest absolute Gasteiger partial charge is 0.350 e. The summed E-state index contributed by atoms with van der Waals surface area (Å²) in [6.07, 6.45) is 3.62. The first-order valence-electron chi connectivity index (χ1n) is 9.61. The maximum atomic E-state index is 12.8. The molecule has 0 radical (unpaired) electrons. The first kappa shape index (κ1) is 17.1. The molecule has 8 heteroatoms. The van der Waals surface area contributed by atoms with E-state index in [9.17, 15) is 4.79 Å². The zero-order valence-corrected chi connectivity index (χ0v) is 15.7. The van der Waals surface area contributed by atoms with Gasteiger partial charge < -0.3 is 14.7 Å². The predicted octanol–water partition coefficient (Wildman–Crippen LogP) is 2.10. The van der Waals surface area contributed by atoms with Gasteiger partial charge in [0.15, 0.2) is 0 Å². The van der Waals surface area contributed by atoms with Gasteiger partial charge in [0.05, 0.1) is 17.9 Å². The average molecular weight is 378 g/mol. The van der Waals surface area contributed by atoms with E-state index in [0.29, 0.717) is 17.7 Å². The van der Waals surface area contributed by atoms with Gasteiger partial charge in [-0.15, -0.1) is 5.10 Å². The number of benzene rings is 1. The number of nitrogens with zero attached hydrogens (tertiary/aromatic N) is 5. The normalized spacial score (nSPS) is 21.8. The molecule has 1 aliphatic heterocycles. The van der Waals surface area contributed by atoms with Crippen molar-refractivity contribution >= 4 is 5.91 Å². The van der Waals surface area contributed by atoms with Crippen LogP contribution in [-0.4, -0.2) is 57.1 Å². The Balaban J connectivity index is 1.23. The van der Waals surface area contributed by atoms with Crippen molar-refractivity contribution in [3.05, 3.63) is 54.0 Å². The van der Waals surface area contributed by atoms with Gasteiger partial charge in [0.1, 0.15) is 5.69 Å². The first-order valence-corrected chi connectivity index (χ1v) is 9.61. The minimum atomic E-state index is -0.139. The molecule has 28 heavy (non-hydrogen) atoms. The summed E-state index contributed by atoms with van der Waals surface area (Å²) in [6, 6.07) is 11.9. The molecule has 1 amide bonds. The number of hydrogen-bond donors (Lipinski definition) is 1. The molecule has 1 N–H and O–H groups in total. The van der Waals surface area contributed by atoms with Gasteiger partial charge in [-0.3, -0.25) is 4.79 Å². The number of rotatable bonds is 5. The van der Waals surface area contributed by atoms with Crippen molar-refractivity contribution in [1.82, 2.24) is 30.4 Å². The molecule has 144 valence electrons. The molecule has 1 aliphatic carbocycles. The van der Waals surface area contributed by atoms with Gasteiger partial charge in [0.25, 0.3) is 5.91 Å². The van der Waals surface area contributed by atoms with Gasteiger partial charge >= 0.3 is 0 Å². The van der Waals surface area contributed by atoms with Crippen LogP contribution in [-0.2, 0) is 0 Å². The second kappa shape index (κ2) is 6.87. The van der Waals surface area contributed by atoms with E-state index in [1.54, 1.807) is 11.0 Å². The van der Waals surface area contributed by atoms with Gasteiger partial charge in [-0.25, -0.2) is 4.68 Å². The Morgan fingerprint density at radius 3 is 2.75 bits per heavy atom. The summed E-state index contributed by atoms with van der Waals surface area (Å²) in [6.45, 7) is 1.97. The topological polar surface area (TPSA) is 89.1 Å². The van der Waals surface area contributed by atoms with E-state index >= 15 is 0 Å².